The zero-order chi connectivity index (χ0) is 13.1. The summed E-state index contributed by atoms with van der Waals surface area (Å²) in [5, 5.41) is 3.44. The topological polar surface area (TPSA) is 46.3 Å². The van der Waals surface area contributed by atoms with E-state index in [0.29, 0.717) is 10.6 Å². The lowest BCUT2D eigenvalue weighted by atomic mass is 10.3. The molecule has 0 radical (unpaired) electrons. The number of amides is 1. The van der Waals surface area contributed by atoms with E-state index in [1.54, 1.807) is 6.92 Å². The summed E-state index contributed by atoms with van der Waals surface area (Å²) in [6.07, 6.45) is -4.48. The number of halogens is 4. The summed E-state index contributed by atoms with van der Waals surface area (Å²) in [4.78, 5) is 12.2. The maximum absolute atomic E-state index is 12.2. The van der Waals surface area contributed by atoms with Crippen LogP contribution in [0.2, 0.25) is 0 Å². The van der Waals surface area contributed by atoms with Gasteiger partial charge in [0.15, 0.2) is 0 Å². The number of carbonyl (C=O) groups is 1. The molecule has 4 nitrogen and oxygen atoms in total. The molecule has 8 heteroatoms. The van der Waals surface area contributed by atoms with Crippen LogP contribution in [-0.4, -0.2) is 41.1 Å². The first-order chi connectivity index (χ1) is 7.83. The summed E-state index contributed by atoms with van der Waals surface area (Å²) in [5.41, 5.74) is 0.422. The average molecular weight is 271 g/mol. The molecule has 1 aromatic rings. The maximum atomic E-state index is 12.2. The average Bonchev–Trinajstić information content (AvgIpc) is 2.61. The van der Waals surface area contributed by atoms with Crippen molar-refractivity contribution in [3.05, 3.63) is 17.5 Å². The van der Waals surface area contributed by atoms with Crippen LogP contribution in [0.4, 0.5) is 13.2 Å². The molecular formula is C9H10ClF3N2O2. The molecule has 1 aromatic heterocycles. The second kappa shape index (κ2) is 5.39. The lowest BCUT2D eigenvalue weighted by Crippen LogP contribution is -2.40. The zero-order valence-corrected chi connectivity index (χ0v) is 9.68. The van der Waals surface area contributed by atoms with Crippen molar-refractivity contribution in [2.24, 2.45) is 0 Å². The summed E-state index contributed by atoms with van der Waals surface area (Å²) >= 11 is 5.35. The van der Waals surface area contributed by atoms with Gasteiger partial charge in [-0.25, -0.2) is 0 Å². The van der Waals surface area contributed by atoms with Crippen LogP contribution in [-0.2, 0) is 0 Å². The van der Waals surface area contributed by atoms with Crippen molar-refractivity contribution >= 4 is 17.5 Å². The van der Waals surface area contributed by atoms with E-state index in [9.17, 15) is 18.0 Å². The molecule has 0 aliphatic rings. The van der Waals surface area contributed by atoms with Crippen molar-refractivity contribution < 1.29 is 22.5 Å². The quantitative estimate of drug-likeness (QED) is 0.788. The number of hydrogen-bond acceptors (Lipinski definition) is 3. The van der Waals surface area contributed by atoms with Gasteiger partial charge in [0.1, 0.15) is 6.54 Å². The second-order valence-corrected chi connectivity index (χ2v) is 3.74. The Hall–Kier alpha value is -1.24. The van der Waals surface area contributed by atoms with Gasteiger partial charge in [0.25, 0.3) is 5.91 Å². The molecule has 0 N–H and O–H groups in total. The Balaban J connectivity index is 2.80. The second-order valence-electron chi connectivity index (χ2n) is 3.36. The van der Waals surface area contributed by atoms with E-state index in [2.05, 4.69) is 9.68 Å². The Morgan fingerprint density at radius 3 is 2.65 bits per heavy atom. The molecule has 0 saturated heterocycles. The SMILES string of the molecule is Cc1cc(C(=O)N(CCCl)CC(F)(F)F)on1. The lowest BCUT2D eigenvalue weighted by Gasteiger charge is -2.21. The highest BCUT2D eigenvalue weighted by molar-refractivity contribution is 6.18. The molecule has 0 bridgehead atoms. The van der Waals surface area contributed by atoms with E-state index in [-0.39, 0.29) is 18.2 Å². The van der Waals surface area contributed by atoms with E-state index in [1.165, 1.54) is 6.07 Å². The summed E-state index contributed by atoms with van der Waals surface area (Å²) < 4.78 is 41.3. The number of rotatable bonds is 4. The van der Waals surface area contributed by atoms with Crippen molar-refractivity contribution in [2.75, 3.05) is 19.0 Å². The Kier molecular flexibility index (Phi) is 4.39. The van der Waals surface area contributed by atoms with Crippen molar-refractivity contribution in [1.29, 1.82) is 0 Å². The van der Waals surface area contributed by atoms with Crippen LogP contribution in [0.15, 0.2) is 10.6 Å². The number of nitrogens with zero attached hydrogens (tertiary/aromatic N) is 2. The Labute approximate surface area is 100 Å². The Morgan fingerprint density at radius 2 is 2.24 bits per heavy atom. The molecule has 1 heterocycles. The van der Waals surface area contributed by atoms with E-state index >= 15 is 0 Å². The largest absolute Gasteiger partial charge is 0.406 e. The third kappa shape index (κ3) is 4.26. The molecule has 0 aromatic carbocycles. The lowest BCUT2D eigenvalue weighted by molar-refractivity contribution is -0.140. The van der Waals surface area contributed by atoms with Gasteiger partial charge in [0, 0.05) is 18.5 Å². The van der Waals surface area contributed by atoms with Gasteiger partial charge >= 0.3 is 6.18 Å². The minimum atomic E-state index is -4.48. The molecule has 0 spiro atoms. The van der Waals surface area contributed by atoms with Crippen LogP contribution in [0.1, 0.15) is 16.2 Å². The molecule has 1 rings (SSSR count). The van der Waals surface area contributed by atoms with Crippen LogP contribution in [0.25, 0.3) is 0 Å². The standard InChI is InChI=1S/C9H10ClF3N2O2/c1-6-4-7(17-14-6)8(16)15(3-2-10)5-9(11,12)13/h4H,2-3,5H2,1H3. The Morgan fingerprint density at radius 1 is 1.59 bits per heavy atom. The maximum Gasteiger partial charge on any atom is 0.406 e. The molecule has 17 heavy (non-hydrogen) atoms. The van der Waals surface area contributed by atoms with Gasteiger partial charge < -0.3 is 9.42 Å². The Bertz CT molecular complexity index is 392. The van der Waals surface area contributed by atoms with Gasteiger partial charge in [-0.15, -0.1) is 11.6 Å². The van der Waals surface area contributed by atoms with Gasteiger partial charge in [0.05, 0.1) is 5.69 Å². The van der Waals surface area contributed by atoms with E-state index in [0.717, 1.165) is 0 Å². The molecule has 0 atom stereocenters. The van der Waals surface area contributed by atoms with Crippen molar-refractivity contribution in [2.45, 2.75) is 13.1 Å². The van der Waals surface area contributed by atoms with Gasteiger partial charge in [0.2, 0.25) is 5.76 Å². The fourth-order valence-corrected chi connectivity index (χ4v) is 1.40. The number of aromatic nitrogens is 1. The van der Waals surface area contributed by atoms with E-state index in [1.807, 2.05) is 0 Å². The molecule has 0 aliphatic heterocycles. The highest BCUT2D eigenvalue weighted by Gasteiger charge is 2.34. The van der Waals surface area contributed by atoms with Crippen LogP contribution < -0.4 is 0 Å². The number of aryl methyl sites for hydroxylation is 1. The monoisotopic (exact) mass is 270 g/mol. The van der Waals surface area contributed by atoms with Crippen molar-refractivity contribution in [1.82, 2.24) is 10.1 Å². The fraction of sp³-hybridized carbons (Fsp3) is 0.556. The van der Waals surface area contributed by atoms with Gasteiger partial charge in [-0.3, -0.25) is 4.79 Å². The van der Waals surface area contributed by atoms with Gasteiger partial charge in [-0.2, -0.15) is 13.2 Å². The number of alkyl halides is 4. The van der Waals surface area contributed by atoms with E-state index in [4.69, 9.17) is 11.6 Å². The molecule has 0 fully saturated rings. The zero-order valence-electron chi connectivity index (χ0n) is 8.92. The third-order valence-electron chi connectivity index (χ3n) is 1.85. The first-order valence-electron chi connectivity index (χ1n) is 4.69. The van der Waals surface area contributed by atoms with Gasteiger partial charge in [-0.1, -0.05) is 5.16 Å². The van der Waals surface area contributed by atoms with Crippen molar-refractivity contribution in [3.63, 3.8) is 0 Å². The van der Waals surface area contributed by atoms with Crippen LogP contribution >= 0.6 is 11.6 Å². The predicted octanol–water partition coefficient (Wildman–Crippen LogP) is 2.23. The molecule has 96 valence electrons. The van der Waals surface area contributed by atoms with Crippen molar-refractivity contribution in [3.8, 4) is 0 Å². The normalized spacial score (nSPS) is 11.6. The molecule has 0 saturated carbocycles. The van der Waals surface area contributed by atoms with Crippen LogP contribution in [0, 0.1) is 6.92 Å². The van der Waals surface area contributed by atoms with Crippen LogP contribution in [0.3, 0.4) is 0 Å². The van der Waals surface area contributed by atoms with Crippen LogP contribution in [0.5, 0.6) is 0 Å². The highest BCUT2D eigenvalue weighted by Crippen LogP contribution is 2.18. The minimum absolute atomic E-state index is 0.0884. The summed E-state index contributed by atoms with van der Waals surface area (Å²) in [6, 6.07) is 1.28. The van der Waals surface area contributed by atoms with E-state index < -0.39 is 18.6 Å². The summed E-state index contributed by atoms with van der Waals surface area (Å²) in [5.74, 6) is -1.19. The minimum Gasteiger partial charge on any atom is -0.351 e. The first kappa shape index (κ1) is 13.8. The number of hydrogen-bond donors (Lipinski definition) is 0. The third-order valence-corrected chi connectivity index (χ3v) is 2.02. The number of carbonyl (C=O) groups excluding carboxylic acids is 1. The highest BCUT2D eigenvalue weighted by atomic mass is 35.5. The molecule has 1 amide bonds. The first-order valence-corrected chi connectivity index (χ1v) is 5.22. The predicted molar refractivity (Wildman–Crippen MR) is 53.9 cm³/mol. The fourth-order valence-electron chi connectivity index (χ4n) is 1.19. The van der Waals surface area contributed by atoms with Gasteiger partial charge in [-0.05, 0) is 6.92 Å². The molecule has 0 aliphatic carbocycles. The smallest absolute Gasteiger partial charge is 0.351 e. The molecule has 0 unspecified atom stereocenters. The summed E-state index contributed by atoms with van der Waals surface area (Å²) in [7, 11) is 0. The molecular weight excluding hydrogens is 261 g/mol. The summed E-state index contributed by atoms with van der Waals surface area (Å²) in [6.45, 7) is -0.00608.